The Kier molecular flexibility index (Phi) is 8.91. The van der Waals surface area contributed by atoms with Gasteiger partial charge in [0.1, 0.15) is 12.1 Å². The summed E-state index contributed by atoms with van der Waals surface area (Å²) in [4.78, 5) is 25.2. The van der Waals surface area contributed by atoms with E-state index < -0.39 is 43.8 Å². The SMILES string of the molecule is CS(=O)(=O)c1ccccc1-c1ccc(C[C@H](NC(=O)[C@@H]2CCCN2S(=O)(=O)c2cc(Cl)cc(Cl)c2)C(=O)O)cc1. The van der Waals surface area contributed by atoms with E-state index in [1.165, 1.54) is 24.3 Å². The maximum Gasteiger partial charge on any atom is 0.326 e. The molecule has 0 aromatic heterocycles. The van der Waals surface area contributed by atoms with E-state index in [1.54, 1.807) is 42.5 Å². The first kappa shape index (κ1) is 30.0. The molecule has 0 spiro atoms. The van der Waals surface area contributed by atoms with Crippen LogP contribution in [0.2, 0.25) is 10.0 Å². The summed E-state index contributed by atoms with van der Waals surface area (Å²) in [6.45, 7) is 0.0821. The van der Waals surface area contributed by atoms with Crippen molar-refractivity contribution in [1.29, 1.82) is 0 Å². The molecule has 0 bridgehead atoms. The molecule has 0 aliphatic carbocycles. The van der Waals surface area contributed by atoms with Gasteiger partial charge < -0.3 is 10.4 Å². The zero-order valence-electron chi connectivity index (χ0n) is 21.3. The third-order valence-electron chi connectivity index (χ3n) is 6.55. The van der Waals surface area contributed by atoms with Crippen molar-refractivity contribution in [2.75, 3.05) is 12.8 Å². The Hall–Kier alpha value is -2.96. The predicted molar refractivity (Wildman–Crippen MR) is 152 cm³/mol. The average Bonchev–Trinajstić information content (AvgIpc) is 3.39. The van der Waals surface area contributed by atoms with Crippen molar-refractivity contribution in [2.45, 2.75) is 41.1 Å². The number of rotatable bonds is 9. The third-order valence-corrected chi connectivity index (χ3v) is 10.0. The summed E-state index contributed by atoms with van der Waals surface area (Å²) in [5.41, 5.74) is 1.73. The summed E-state index contributed by atoms with van der Waals surface area (Å²) in [6, 6.07) is 14.7. The molecule has 1 fully saturated rings. The lowest BCUT2D eigenvalue weighted by molar-refractivity contribution is -0.142. The van der Waals surface area contributed by atoms with Gasteiger partial charge in [-0.05, 0) is 48.2 Å². The van der Waals surface area contributed by atoms with Crippen LogP contribution in [0.3, 0.4) is 0 Å². The van der Waals surface area contributed by atoms with E-state index in [0.29, 0.717) is 23.1 Å². The van der Waals surface area contributed by atoms with Crippen molar-refractivity contribution in [3.63, 3.8) is 0 Å². The summed E-state index contributed by atoms with van der Waals surface area (Å²) in [6.07, 6.45) is 1.69. The summed E-state index contributed by atoms with van der Waals surface area (Å²) in [7, 11) is -7.59. The van der Waals surface area contributed by atoms with Crippen molar-refractivity contribution >= 4 is 54.9 Å². The molecular formula is C27H26Cl2N2O7S2. The maximum atomic E-state index is 13.3. The van der Waals surface area contributed by atoms with E-state index >= 15 is 0 Å². The molecule has 1 aliphatic heterocycles. The van der Waals surface area contributed by atoms with Gasteiger partial charge in [0.25, 0.3) is 0 Å². The van der Waals surface area contributed by atoms with Crippen LogP contribution < -0.4 is 5.32 Å². The molecule has 1 heterocycles. The molecule has 4 rings (SSSR count). The molecule has 1 amide bonds. The zero-order chi connectivity index (χ0) is 29.2. The van der Waals surface area contributed by atoms with E-state index in [2.05, 4.69) is 5.32 Å². The number of halogens is 2. The number of carbonyl (C=O) groups excluding carboxylic acids is 1. The van der Waals surface area contributed by atoms with Crippen LogP contribution in [-0.2, 0) is 35.9 Å². The zero-order valence-corrected chi connectivity index (χ0v) is 24.4. The minimum atomic E-state index is -4.12. The Morgan fingerprint density at radius 2 is 1.62 bits per heavy atom. The lowest BCUT2D eigenvalue weighted by Crippen LogP contribution is -2.51. The van der Waals surface area contributed by atoms with Gasteiger partial charge in [-0.25, -0.2) is 21.6 Å². The Bertz CT molecular complexity index is 1640. The highest BCUT2D eigenvalue weighted by Gasteiger charge is 2.40. The number of amides is 1. The van der Waals surface area contributed by atoms with Crippen LogP contribution in [0.4, 0.5) is 0 Å². The van der Waals surface area contributed by atoms with Gasteiger partial charge in [-0.2, -0.15) is 4.31 Å². The quantitative estimate of drug-likeness (QED) is 0.366. The fourth-order valence-electron chi connectivity index (χ4n) is 4.66. The maximum absolute atomic E-state index is 13.3. The monoisotopic (exact) mass is 624 g/mol. The second kappa shape index (κ2) is 11.9. The van der Waals surface area contributed by atoms with Crippen LogP contribution in [0.5, 0.6) is 0 Å². The molecule has 1 aliphatic rings. The molecule has 3 aromatic rings. The van der Waals surface area contributed by atoms with Crippen LogP contribution >= 0.6 is 23.2 Å². The Morgan fingerprint density at radius 1 is 1.00 bits per heavy atom. The molecule has 13 heteroatoms. The van der Waals surface area contributed by atoms with Crippen LogP contribution in [0.25, 0.3) is 11.1 Å². The molecular weight excluding hydrogens is 599 g/mol. The Labute approximate surface area is 242 Å². The number of sulfonamides is 1. The second-order valence-corrected chi connectivity index (χ2v) is 14.2. The van der Waals surface area contributed by atoms with Gasteiger partial charge in [0.05, 0.1) is 9.79 Å². The van der Waals surface area contributed by atoms with Crippen LogP contribution in [0.1, 0.15) is 18.4 Å². The van der Waals surface area contributed by atoms with Gasteiger partial charge in [-0.1, -0.05) is 65.7 Å². The number of nitrogens with one attached hydrogen (secondary N) is 1. The van der Waals surface area contributed by atoms with E-state index in [9.17, 15) is 31.5 Å². The number of benzene rings is 3. The minimum absolute atomic E-state index is 0.0710. The lowest BCUT2D eigenvalue weighted by Gasteiger charge is -2.25. The van der Waals surface area contributed by atoms with Gasteiger partial charge >= 0.3 is 5.97 Å². The van der Waals surface area contributed by atoms with Crippen molar-refractivity contribution in [3.8, 4) is 11.1 Å². The van der Waals surface area contributed by atoms with Crippen LogP contribution in [0, 0.1) is 0 Å². The summed E-state index contributed by atoms with van der Waals surface area (Å²) in [5, 5.41) is 12.5. The van der Waals surface area contributed by atoms with E-state index in [-0.39, 0.29) is 39.2 Å². The van der Waals surface area contributed by atoms with Gasteiger partial charge in [-0.3, -0.25) is 4.79 Å². The largest absolute Gasteiger partial charge is 0.480 e. The normalized spacial score (nSPS) is 16.9. The minimum Gasteiger partial charge on any atom is -0.480 e. The van der Waals surface area contributed by atoms with E-state index in [1.807, 2.05) is 0 Å². The number of nitrogens with zero attached hydrogens (tertiary/aromatic N) is 1. The third kappa shape index (κ3) is 6.67. The van der Waals surface area contributed by atoms with E-state index in [4.69, 9.17) is 23.2 Å². The predicted octanol–water partition coefficient (Wildman–Crippen LogP) is 4.03. The van der Waals surface area contributed by atoms with Gasteiger partial charge in [0.2, 0.25) is 15.9 Å². The molecule has 9 nitrogen and oxygen atoms in total. The summed E-state index contributed by atoms with van der Waals surface area (Å²) in [5.74, 6) is -2.01. The molecule has 2 atom stereocenters. The fraction of sp³-hybridized carbons (Fsp3) is 0.259. The molecule has 2 N–H and O–H groups in total. The van der Waals surface area contributed by atoms with Gasteiger partial charge in [0.15, 0.2) is 9.84 Å². The Morgan fingerprint density at radius 3 is 2.23 bits per heavy atom. The first-order valence-corrected chi connectivity index (χ1v) is 16.3. The molecule has 0 saturated carbocycles. The fourth-order valence-corrected chi connectivity index (χ4v) is 7.95. The molecule has 1 saturated heterocycles. The van der Waals surface area contributed by atoms with E-state index in [0.717, 1.165) is 10.6 Å². The van der Waals surface area contributed by atoms with Crippen molar-refractivity contribution in [1.82, 2.24) is 9.62 Å². The summed E-state index contributed by atoms with van der Waals surface area (Å²) >= 11 is 12.0. The first-order valence-electron chi connectivity index (χ1n) is 12.2. The topological polar surface area (TPSA) is 138 Å². The lowest BCUT2D eigenvalue weighted by atomic mass is 10.0. The number of sulfone groups is 1. The van der Waals surface area contributed by atoms with Crippen molar-refractivity contribution in [2.24, 2.45) is 0 Å². The first-order chi connectivity index (χ1) is 18.8. The van der Waals surface area contributed by atoms with Crippen LogP contribution in [-0.4, -0.2) is 63.0 Å². The van der Waals surface area contributed by atoms with Crippen LogP contribution in [0.15, 0.2) is 76.5 Å². The molecule has 3 aromatic carbocycles. The summed E-state index contributed by atoms with van der Waals surface area (Å²) < 4.78 is 51.9. The van der Waals surface area contributed by atoms with Crippen molar-refractivity contribution in [3.05, 3.63) is 82.3 Å². The number of carboxylic acids is 1. The van der Waals surface area contributed by atoms with Crippen molar-refractivity contribution < 1.29 is 31.5 Å². The number of carboxylic acid groups (broad SMARTS) is 1. The smallest absolute Gasteiger partial charge is 0.326 e. The highest BCUT2D eigenvalue weighted by Crippen LogP contribution is 2.30. The Balaban J connectivity index is 1.51. The molecule has 0 unspecified atom stereocenters. The van der Waals surface area contributed by atoms with Gasteiger partial charge in [-0.15, -0.1) is 0 Å². The highest BCUT2D eigenvalue weighted by atomic mass is 35.5. The standard InChI is InChI=1S/C27H26Cl2N2O7S2/c1-39(35,36)25-7-3-2-5-22(25)18-10-8-17(9-11-18)13-23(27(33)34)30-26(32)24-6-4-12-31(24)40(37,38)21-15-19(28)14-20(29)16-21/h2-3,5,7-11,14-16,23-24H,4,6,12-13H2,1H3,(H,30,32)(H,33,34)/t23-,24-/m0/s1. The molecule has 0 radical (unpaired) electrons. The highest BCUT2D eigenvalue weighted by molar-refractivity contribution is 7.90. The second-order valence-electron chi connectivity index (χ2n) is 9.45. The number of hydrogen-bond donors (Lipinski definition) is 2. The molecule has 212 valence electrons. The number of carbonyl (C=O) groups is 2. The number of aliphatic carboxylic acids is 1. The average molecular weight is 626 g/mol. The van der Waals surface area contributed by atoms with Gasteiger partial charge in [0, 0.05) is 34.8 Å². The molecule has 40 heavy (non-hydrogen) atoms. The number of hydrogen-bond acceptors (Lipinski definition) is 6.